The van der Waals surface area contributed by atoms with E-state index in [0.717, 1.165) is 45.1 Å². The van der Waals surface area contributed by atoms with E-state index in [1.807, 2.05) is 27.0 Å². The van der Waals surface area contributed by atoms with Gasteiger partial charge in [0.25, 0.3) is 0 Å². The molecule has 0 aliphatic rings. The van der Waals surface area contributed by atoms with Crippen molar-refractivity contribution in [3.63, 3.8) is 0 Å². The summed E-state index contributed by atoms with van der Waals surface area (Å²) in [5.41, 5.74) is 6.87. The van der Waals surface area contributed by atoms with Gasteiger partial charge >= 0.3 is 0 Å². The van der Waals surface area contributed by atoms with Gasteiger partial charge in [0, 0.05) is 30.5 Å². The third-order valence-corrected chi connectivity index (χ3v) is 4.88. The molecule has 0 atom stereocenters. The summed E-state index contributed by atoms with van der Waals surface area (Å²) < 4.78 is 7.48. The summed E-state index contributed by atoms with van der Waals surface area (Å²) in [5.74, 6) is 1.71. The number of fused-ring (bicyclic) bond motifs is 1. The molecule has 0 aliphatic heterocycles. The fourth-order valence-electron chi connectivity index (χ4n) is 3.47. The molecule has 0 bridgehead atoms. The van der Waals surface area contributed by atoms with Crippen molar-refractivity contribution in [2.45, 2.75) is 33.7 Å². The van der Waals surface area contributed by atoms with Gasteiger partial charge in [0.15, 0.2) is 5.65 Å². The topological polar surface area (TPSA) is 77.0 Å². The molecular weight excluding hydrogens is 340 g/mol. The molecule has 138 valence electrons. The lowest BCUT2D eigenvalue weighted by atomic mass is 10.1. The Morgan fingerprint density at radius 1 is 1.07 bits per heavy atom. The molecule has 6 heteroatoms. The standard InChI is InChI=1S/C21H22N4O2/c1-13-20(14(2)27-24-13)18-10-19-21(22-11-18)23-15(3)25(19)12-17-6-4-16(5-7-17)8-9-26/h4-7,10-11,26H,8-9,12H2,1-3H3. The smallest absolute Gasteiger partial charge is 0.177 e. The predicted molar refractivity (Wildman–Crippen MR) is 104 cm³/mol. The van der Waals surface area contributed by atoms with Crippen LogP contribution in [0.3, 0.4) is 0 Å². The third kappa shape index (κ3) is 3.24. The van der Waals surface area contributed by atoms with Gasteiger partial charge in [-0.2, -0.15) is 0 Å². The first-order valence-electron chi connectivity index (χ1n) is 9.01. The highest BCUT2D eigenvalue weighted by molar-refractivity contribution is 5.80. The number of hydrogen-bond donors (Lipinski definition) is 1. The molecule has 0 amide bonds. The third-order valence-electron chi connectivity index (χ3n) is 4.88. The lowest BCUT2D eigenvalue weighted by molar-refractivity contribution is 0.299. The molecule has 0 saturated heterocycles. The summed E-state index contributed by atoms with van der Waals surface area (Å²) in [4.78, 5) is 9.16. The van der Waals surface area contributed by atoms with Crippen LogP contribution in [0.4, 0.5) is 0 Å². The molecule has 1 N–H and O–H groups in total. The molecule has 4 rings (SSSR count). The van der Waals surface area contributed by atoms with Crippen LogP contribution in [-0.4, -0.2) is 31.4 Å². The van der Waals surface area contributed by atoms with Gasteiger partial charge in [-0.15, -0.1) is 0 Å². The summed E-state index contributed by atoms with van der Waals surface area (Å²) in [6, 6.07) is 10.4. The number of aryl methyl sites for hydroxylation is 3. The highest BCUT2D eigenvalue weighted by Crippen LogP contribution is 2.29. The SMILES string of the molecule is Cc1noc(C)c1-c1cnc2nc(C)n(Cc3ccc(CCO)cc3)c2c1. The molecule has 0 radical (unpaired) electrons. The Bertz CT molecular complexity index is 1070. The number of aromatic nitrogens is 4. The van der Waals surface area contributed by atoms with Gasteiger partial charge < -0.3 is 14.2 Å². The maximum atomic E-state index is 9.06. The van der Waals surface area contributed by atoms with E-state index in [9.17, 15) is 0 Å². The Labute approximate surface area is 157 Å². The fraction of sp³-hybridized carbons (Fsp3) is 0.286. The Morgan fingerprint density at radius 2 is 1.81 bits per heavy atom. The van der Waals surface area contributed by atoms with Gasteiger partial charge in [0.1, 0.15) is 11.6 Å². The Kier molecular flexibility index (Phi) is 4.49. The predicted octanol–water partition coefficient (Wildman–Crippen LogP) is 3.59. The molecule has 0 spiro atoms. The first-order chi connectivity index (χ1) is 13.1. The molecule has 6 nitrogen and oxygen atoms in total. The second kappa shape index (κ2) is 6.96. The molecule has 4 aromatic rings. The van der Waals surface area contributed by atoms with E-state index >= 15 is 0 Å². The van der Waals surface area contributed by atoms with E-state index in [4.69, 9.17) is 9.63 Å². The molecule has 1 aromatic carbocycles. The summed E-state index contributed by atoms with van der Waals surface area (Å²) in [5, 5.41) is 13.1. The highest BCUT2D eigenvalue weighted by Gasteiger charge is 2.15. The largest absolute Gasteiger partial charge is 0.396 e. The van der Waals surface area contributed by atoms with Crippen molar-refractivity contribution in [3.8, 4) is 11.1 Å². The minimum absolute atomic E-state index is 0.167. The minimum atomic E-state index is 0.167. The van der Waals surface area contributed by atoms with Gasteiger partial charge in [-0.1, -0.05) is 29.4 Å². The highest BCUT2D eigenvalue weighted by atomic mass is 16.5. The summed E-state index contributed by atoms with van der Waals surface area (Å²) >= 11 is 0. The van der Waals surface area contributed by atoms with Crippen molar-refractivity contribution in [1.82, 2.24) is 19.7 Å². The van der Waals surface area contributed by atoms with Gasteiger partial charge in [0.05, 0.1) is 11.2 Å². The van der Waals surface area contributed by atoms with Crippen LogP contribution in [-0.2, 0) is 13.0 Å². The quantitative estimate of drug-likeness (QED) is 0.587. The van der Waals surface area contributed by atoms with Crippen molar-refractivity contribution in [2.75, 3.05) is 6.61 Å². The van der Waals surface area contributed by atoms with Crippen molar-refractivity contribution in [2.24, 2.45) is 0 Å². The summed E-state index contributed by atoms with van der Waals surface area (Å²) in [6.45, 7) is 6.73. The first-order valence-corrected chi connectivity index (χ1v) is 9.01. The summed E-state index contributed by atoms with van der Waals surface area (Å²) in [6.07, 6.45) is 2.51. The number of aliphatic hydroxyl groups is 1. The van der Waals surface area contributed by atoms with Gasteiger partial charge in [0.2, 0.25) is 0 Å². The number of imidazole rings is 1. The molecule has 3 aromatic heterocycles. The zero-order valence-corrected chi connectivity index (χ0v) is 15.7. The molecule has 0 saturated carbocycles. The molecule has 3 heterocycles. The van der Waals surface area contributed by atoms with E-state index in [2.05, 4.69) is 50.0 Å². The van der Waals surface area contributed by atoms with E-state index in [1.165, 1.54) is 5.56 Å². The number of pyridine rings is 1. The normalized spacial score (nSPS) is 11.4. The molecule has 0 fully saturated rings. The Balaban J connectivity index is 1.74. The second-order valence-corrected chi connectivity index (χ2v) is 6.80. The van der Waals surface area contributed by atoms with Crippen LogP contribution in [0, 0.1) is 20.8 Å². The average Bonchev–Trinajstić information content (AvgIpc) is 3.15. The van der Waals surface area contributed by atoms with Crippen molar-refractivity contribution in [3.05, 3.63) is 64.9 Å². The second-order valence-electron chi connectivity index (χ2n) is 6.80. The van der Waals surface area contributed by atoms with Crippen LogP contribution >= 0.6 is 0 Å². The van der Waals surface area contributed by atoms with E-state index in [-0.39, 0.29) is 6.61 Å². The zero-order chi connectivity index (χ0) is 19.0. The van der Waals surface area contributed by atoms with Crippen LogP contribution in [0.2, 0.25) is 0 Å². The summed E-state index contributed by atoms with van der Waals surface area (Å²) in [7, 11) is 0. The molecular formula is C21H22N4O2. The lowest BCUT2D eigenvalue weighted by Gasteiger charge is -2.09. The van der Waals surface area contributed by atoms with Crippen molar-refractivity contribution in [1.29, 1.82) is 0 Å². The molecule has 27 heavy (non-hydrogen) atoms. The first kappa shape index (κ1) is 17.4. The van der Waals surface area contributed by atoms with E-state index in [1.54, 1.807) is 0 Å². The Morgan fingerprint density at radius 3 is 2.48 bits per heavy atom. The zero-order valence-electron chi connectivity index (χ0n) is 15.7. The monoisotopic (exact) mass is 362 g/mol. The maximum Gasteiger partial charge on any atom is 0.177 e. The number of hydrogen-bond acceptors (Lipinski definition) is 5. The fourth-order valence-corrected chi connectivity index (χ4v) is 3.47. The van der Waals surface area contributed by atoms with Crippen LogP contribution in [0.15, 0.2) is 41.1 Å². The van der Waals surface area contributed by atoms with Crippen LogP contribution < -0.4 is 0 Å². The number of aliphatic hydroxyl groups excluding tert-OH is 1. The lowest BCUT2D eigenvalue weighted by Crippen LogP contribution is -2.02. The number of nitrogens with zero attached hydrogens (tertiary/aromatic N) is 4. The van der Waals surface area contributed by atoms with Gasteiger partial charge in [-0.25, -0.2) is 9.97 Å². The average molecular weight is 362 g/mol. The van der Waals surface area contributed by atoms with Crippen molar-refractivity contribution < 1.29 is 9.63 Å². The van der Waals surface area contributed by atoms with Crippen LogP contribution in [0.25, 0.3) is 22.3 Å². The Hall–Kier alpha value is -2.99. The van der Waals surface area contributed by atoms with Gasteiger partial charge in [-0.05, 0) is 44.4 Å². The van der Waals surface area contributed by atoms with Crippen LogP contribution in [0.1, 0.15) is 28.4 Å². The minimum Gasteiger partial charge on any atom is -0.396 e. The van der Waals surface area contributed by atoms with Crippen LogP contribution in [0.5, 0.6) is 0 Å². The van der Waals surface area contributed by atoms with E-state index < -0.39 is 0 Å². The number of rotatable bonds is 5. The van der Waals surface area contributed by atoms with E-state index in [0.29, 0.717) is 13.0 Å². The maximum absolute atomic E-state index is 9.06. The van der Waals surface area contributed by atoms with Gasteiger partial charge in [-0.3, -0.25) is 0 Å². The molecule has 0 aliphatic carbocycles. The number of benzene rings is 1. The molecule has 0 unspecified atom stereocenters. The van der Waals surface area contributed by atoms with Crippen molar-refractivity contribution >= 4 is 11.2 Å².